The smallest absolute Gasteiger partial charge is 0.321 e. The first kappa shape index (κ1) is 15.2. The molecule has 0 saturated carbocycles. The lowest BCUT2D eigenvalue weighted by atomic mass is 10.0. The summed E-state index contributed by atoms with van der Waals surface area (Å²) in [6.07, 6.45) is -3.26. The van der Waals surface area contributed by atoms with Gasteiger partial charge in [-0.25, -0.2) is 8.78 Å². The fraction of sp³-hybridized carbons (Fsp3) is 0.0625. The van der Waals surface area contributed by atoms with E-state index in [0.717, 1.165) is 30.3 Å². The van der Waals surface area contributed by atoms with Crippen molar-refractivity contribution in [2.24, 2.45) is 0 Å². The van der Waals surface area contributed by atoms with Crippen LogP contribution < -0.4 is 5.32 Å². The molecule has 1 aliphatic rings. The van der Waals surface area contributed by atoms with Crippen LogP contribution in [0.5, 0.6) is 0 Å². The molecule has 1 heterocycles. The van der Waals surface area contributed by atoms with Crippen molar-refractivity contribution in [2.45, 2.75) is 6.18 Å². The number of carbonyl (C=O) groups is 1. The van der Waals surface area contributed by atoms with Crippen LogP contribution in [0.4, 0.5) is 27.6 Å². The van der Waals surface area contributed by atoms with E-state index >= 15 is 0 Å². The van der Waals surface area contributed by atoms with Crippen LogP contribution in [0.25, 0.3) is 11.6 Å². The zero-order valence-corrected chi connectivity index (χ0v) is 11.3. The Morgan fingerprint density at radius 3 is 2.22 bits per heavy atom. The number of rotatable bonds is 1. The highest BCUT2D eigenvalue weighted by Crippen LogP contribution is 2.36. The van der Waals surface area contributed by atoms with Gasteiger partial charge in [-0.2, -0.15) is 13.2 Å². The molecule has 0 saturated heterocycles. The van der Waals surface area contributed by atoms with Gasteiger partial charge < -0.3 is 5.32 Å². The molecule has 118 valence electrons. The Bertz CT molecular complexity index is 822. The second-order valence-corrected chi connectivity index (χ2v) is 4.92. The number of fused-ring (bicyclic) bond motifs is 1. The molecule has 0 spiro atoms. The Labute approximate surface area is 127 Å². The average Bonchev–Trinajstić information content (AvgIpc) is 2.80. The van der Waals surface area contributed by atoms with Gasteiger partial charge in [-0.1, -0.05) is 12.1 Å². The average molecular weight is 325 g/mol. The van der Waals surface area contributed by atoms with Gasteiger partial charge >= 0.3 is 6.18 Å². The van der Waals surface area contributed by atoms with Crippen molar-refractivity contribution >= 4 is 23.2 Å². The lowest BCUT2D eigenvalue weighted by molar-refractivity contribution is -0.137. The van der Waals surface area contributed by atoms with E-state index in [9.17, 15) is 26.7 Å². The van der Waals surface area contributed by atoms with Gasteiger partial charge in [0.05, 0.1) is 16.8 Å². The van der Waals surface area contributed by atoms with Crippen molar-refractivity contribution in [3.63, 3.8) is 0 Å². The highest BCUT2D eigenvalue weighted by molar-refractivity contribution is 6.35. The first-order valence-corrected chi connectivity index (χ1v) is 6.46. The number of hydrogen-bond donors (Lipinski definition) is 1. The van der Waals surface area contributed by atoms with Crippen molar-refractivity contribution in [3.05, 3.63) is 64.7 Å². The third-order valence-electron chi connectivity index (χ3n) is 3.41. The molecule has 1 N–H and O–H groups in total. The van der Waals surface area contributed by atoms with E-state index in [1.807, 2.05) is 0 Å². The molecule has 2 nitrogen and oxygen atoms in total. The SMILES string of the molecule is O=C1Nc2ccc(F)c(F)c2C1=Cc1ccc(C(F)(F)F)cc1. The third kappa shape index (κ3) is 2.69. The highest BCUT2D eigenvalue weighted by atomic mass is 19.4. The molecule has 0 fully saturated rings. The number of carbonyl (C=O) groups excluding carboxylic acids is 1. The van der Waals surface area contributed by atoms with Crippen molar-refractivity contribution in [1.82, 2.24) is 0 Å². The topological polar surface area (TPSA) is 29.1 Å². The second-order valence-electron chi connectivity index (χ2n) is 4.92. The van der Waals surface area contributed by atoms with E-state index in [0.29, 0.717) is 0 Å². The molecule has 7 heteroatoms. The van der Waals surface area contributed by atoms with Gasteiger partial charge in [0, 0.05) is 5.56 Å². The van der Waals surface area contributed by atoms with Crippen LogP contribution in [-0.2, 0) is 11.0 Å². The molecule has 23 heavy (non-hydrogen) atoms. The summed E-state index contributed by atoms with van der Waals surface area (Å²) >= 11 is 0. The predicted octanol–water partition coefficient (Wildman–Crippen LogP) is 4.48. The summed E-state index contributed by atoms with van der Waals surface area (Å²) in [6.45, 7) is 0. The predicted molar refractivity (Wildman–Crippen MR) is 74.3 cm³/mol. The molecule has 1 aliphatic heterocycles. The minimum Gasteiger partial charge on any atom is -0.321 e. The van der Waals surface area contributed by atoms with Crippen LogP contribution >= 0.6 is 0 Å². The Balaban J connectivity index is 2.05. The molecule has 2 aromatic carbocycles. The Morgan fingerprint density at radius 2 is 1.61 bits per heavy atom. The molecular formula is C16H8F5NO. The maximum Gasteiger partial charge on any atom is 0.416 e. The third-order valence-corrected chi connectivity index (χ3v) is 3.41. The zero-order chi connectivity index (χ0) is 16.8. The summed E-state index contributed by atoms with van der Waals surface area (Å²) in [5.74, 6) is -2.94. The van der Waals surface area contributed by atoms with E-state index in [4.69, 9.17) is 0 Å². The van der Waals surface area contributed by atoms with Gasteiger partial charge in [-0.15, -0.1) is 0 Å². The number of halogens is 5. The Kier molecular flexibility index (Phi) is 3.43. The van der Waals surface area contributed by atoms with E-state index in [-0.39, 0.29) is 22.4 Å². The fourth-order valence-electron chi connectivity index (χ4n) is 2.29. The van der Waals surface area contributed by atoms with Crippen LogP contribution in [-0.4, -0.2) is 5.91 Å². The van der Waals surface area contributed by atoms with Crippen LogP contribution in [0.2, 0.25) is 0 Å². The van der Waals surface area contributed by atoms with Gasteiger partial charge in [0.25, 0.3) is 5.91 Å². The molecule has 1 amide bonds. The second kappa shape index (κ2) is 5.19. The number of anilines is 1. The largest absolute Gasteiger partial charge is 0.416 e. The van der Waals surface area contributed by atoms with Crippen LogP contribution in [0.1, 0.15) is 16.7 Å². The Hall–Kier alpha value is -2.70. The highest BCUT2D eigenvalue weighted by Gasteiger charge is 2.31. The van der Waals surface area contributed by atoms with Gasteiger partial charge in [0.1, 0.15) is 0 Å². The standard InChI is InChI=1S/C16H8F5NO/c17-11-5-6-12-13(14(11)18)10(15(23)22-12)7-8-1-3-9(4-2-8)16(19,20)21/h1-7H,(H,22,23). The summed E-state index contributed by atoms with van der Waals surface area (Å²) in [7, 11) is 0. The number of alkyl halides is 3. The summed E-state index contributed by atoms with van der Waals surface area (Å²) < 4.78 is 64.8. The van der Waals surface area contributed by atoms with Gasteiger partial charge in [-0.05, 0) is 35.9 Å². The quantitative estimate of drug-likeness (QED) is 0.608. The summed E-state index contributed by atoms with van der Waals surface area (Å²) in [4.78, 5) is 11.9. The van der Waals surface area contributed by atoms with Crippen LogP contribution in [0.15, 0.2) is 36.4 Å². The number of benzene rings is 2. The minimum absolute atomic E-state index is 0.118. The van der Waals surface area contributed by atoms with Crippen molar-refractivity contribution in [2.75, 3.05) is 5.32 Å². The van der Waals surface area contributed by atoms with E-state index in [1.165, 1.54) is 12.1 Å². The molecule has 0 atom stereocenters. The van der Waals surface area contributed by atoms with Crippen molar-refractivity contribution < 1.29 is 26.7 Å². The molecule has 0 unspecified atom stereocenters. The van der Waals surface area contributed by atoms with Gasteiger partial charge in [0.2, 0.25) is 0 Å². The molecule has 0 bridgehead atoms. The first-order valence-electron chi connectivity index (χ1n) is 6.46. The van der Waals surface area contributed by atoms with Crippen LogP contribution in [0.3, 0.4) is 0 Å². The summed E-state index contributed by atoms with van der Waals surface area (Å²) in [5, 5.41) is 2.38. The minimum atomic E-state index is -4.47. The number of amides is 1. The molecule has 0 aromatic heterocycles. The summed E-state index contributed by atoms with van der Waals surface area (Å²) in [6, 6.07) is 6.11. The Morgan fingerprint density at radius 1 is 0.957 bits per heavy atom. The molecule has 3 rings (SSSR count). The maximum atomic E-state index is 13.9. The fourth-order valence-corrected chi connectivity index (χ4v) is 2.29. The summed E-state index contributed by atoms with van der Waals surface area (Å²) in [5.41, 5.74) is -0.827. The normalized spacial score (nSPS) is 15.7. The van der Waals surface area contributed by atoms with Crippen molar-refractivity contribution in [1.29, 1.82) is 0 Å². The lowest BCUT2D eigenvalue weighted by Gasteiger charge is -2.06. The molecule has 0 radical (unpaired) electrons. The maximum absolute atomic E-state index is 13.9. The van der Waals surface area contributed by atoms with E-state index < -0.39 is 29.3 Å². The molecular weight excluding hydrogens is 317 g/mol. The van der Waals surface area contributed by atoms with E-state index in [1.54, 1.807) is 0 Å². The van der Waals surface area contributed by atoms with Crippen LogP contribution in [0, 0.1) is 11.6 Å². The molecule has 0 aliphatic carbocycles. The molecule has 2 aromatic rings. The lowest BCUT2D eigenvalue weighted by Crippen LogP contribution is -2.05. The zero-order valence-electron chi connectivity index (χ0n) is 11.3. The van der Waals surface area contributed by atoms with E-state index in [2.05, 4.69) is 5.32 Å². The first-order chi connectivity index (χ1) is 10.8. The van der Waals surface area contributed by atoms with Gasteiger partial charge in [-0.3, -0.25) is 4.79 Å². The van der Waals surface area contributed by atoms with Gasteiger partial charge in [0.15, 0.2) is 11.6 Å². The number of nitrogens with one attached hydrogen (secondary N) is 1. The number of hydrogen-bond acceptors (Lipinski definition) is 1. The monoisotopic (exact) mass is 325 g/mol. The van der Waals surface area contributed by atoms with Crippen molar-refractivity contribution in [3.8, 4) is 0 Å².